The van der Waals surface area contributed by atoms with E-state index in [1.165, 1.54) is 17.4 Å². The van der Waals surface area contributed by atoms with Crippen LogP contribution < -0.4 is 0 Å². The lowest BCUT2D eigenvalue weighted by atomic mass is 9.84. The van der Waals surface area contributed by atoms with Gasteiger partial charge in [-0.1, -0.05) is 99.6 Å². The van der Waals surface area contributed by atoms with Gasteiger partial charge in [-0.15, -0.1) is 0 Å². The molecule has 1 unspecified atom stereocenters. The molecule has 3 aromatic carbocycles. The summed E-state index contributed by atoms with van der Waals surface area (Å²) in [5.41, 5.74) is 5.05. The zero-order valence-corrected chi connectivity index (χ0v) is 24.5. The zero-order valence-electron chi connectivity index (χ0n) is 22.7. The predicted octanol–water partition coefficient (Wildman–Crippen LogP) is 6.90. The van der Waals surface area contributed by atoms with Crippen LogP contribution in [0.5, 0.6) is 0 Å². The molecule has 1 atom stereocenters. The fourth-order valence-electron chi connectivity index (χ4n) is 5.16. The maximum Gasteiger partial charge on any atom is 0.205 e. The molecule has 1 aliphatic heterocycles. The second-order valence-corrected chi connectivity index (χ2v) is 15.2. The third-order valence-corrected chi connectivity index (χ3v) is 8.64. The molecule has 4 rings (SSSR count). The molecule has 1 aliphatic rings. The van der Waals surface area contributed by atoms with Crippen LogP contribution in [0.4, 0.5) is 0 Å². The second kappa shape index (κ2) is 11.1. The standard InChI is InChI=1S/C31H38NO3SSi/c1-31(2,3)30(35-37(5)6)26-19-13-18-25(20-26)29(36(4,33)34)27-21-32(22-27)28(23-14-9-7-10-15-23)24-16-11-8-12-17-24/h7-20,28,30H,21-22H2,1-6H3. The van der Waals surface area contributed by atoms with E-state index in [2.05, 4.69) is 93.4 Å². The van der Waals surface area contributed by atoms with Crippen molar-refractivity contribution in [3.05, 3.63) is 113 Å². The van der Waals surface area contributed by atoms with E-state index in [9.17, 15) is 8.42 Å². The SMILES string of the molecule is C[Si](C)OC(c1cccc(C(=C2CN(C(c3ccccc3)c3ccccc3)C2)S(C)(=O)=O)c1)C(C)(C)C. The molecule has 0 saturated carbocycles. The molecule has 1 saturated heterocycles. The Hall–Kier alpha value is -2.51. The normalized spacial score (nSPS) is 15.6. The summed E-state index contributed by atoms with van der Waals surface area (Å²) in [6.07, 6.45) is 1.23. The monoisotopic (exact) mass is 532 g/mol. The Bertz CT molecular complexity index is 1300. The number of benzene rings is 3. The van der Waals surface area contributed by atoms with Crippen molar-refractivity contribution in [1.29, 1.82) is 0 Å². The van der Waals surface area contributed by atoms with Crippen molar-refractivity contribution in [3.63, 3.8) is 0 Å². The van der Waals surface area contributed by atoms with Crippen LogP contribution in [-0.2, 0) is 14.3 Å². The van der Waals surface area contributed by atoms with E-state index in [0.717, 1.165) is 16.7 Å². The van der Waals surface area contributed by atoms with Gasteiger partial charge >= 0.3 is 0 Å². The summed E-state index contributed by atoms with van der Waals surface area (Å²) < 4.78 is 32.7. The van der Waals surface area contributed by atoms with Crippen molar-refractivity contribution in [2.45, 2.75) is 46.0 Å². The van der Waals surface area contributed by atoms with Gasteiger partial charge in [0.05, 0.1) is 17.1 Å². The number of rotatable bonds is 8. The topological polar surface area (TPSA) is 46.6 Å². The minimum Gasteiger partial charge on any atom is -0.410 e. The van der Waals surface area contributed by atoms with Crippen molar-refractivity contribution in [2.75, 3.05) is 19.3 Å². The van der Waals surface area contributed by atoms with Crippen molar-refractivity contribution in [3.8, 4) is 0 Å². The lowest BCUT2D eigenvalue weighted by molar-refractivity contribution is 0.0866. The quantitative estimate of drug-likeness (QED) is 0.296. The maximum atomic E-state index is 13.1. The summed E-state index contributed by atoms with van der Waals surface area (Å²) in [4.78, 5) is 2.80. The van der Waals surface area contributed by atoms with E-state index in [4.69, 9.17) is 4.43 Å². The van der Waals surface area contributed by atoms with Crippen LogP contribution in [0.25, 0.3) is 4.91 Å². The zero-order chi connectivity index (χ0) is 26.8. The fraction of sp³-hybridized carbons (Fsp3) is 0.355. The molecule has 0 spiro atoms. The first-order valence-corrected chi connectivity index (χ1v) is 17.1. The molecule has 6 heteroatoms. The summed E-state index contributed by atoms with van der Waals surface area (Å²) in [5, 5.41) is 0. The van der Waals surface area contributed by atoms with Crippen molar-refractivity contribution in [1.82, 2.24) is 4.90 Å². The van der Waals surface area contributed by atoms with Crippen LogP contribution in [0, 0.1) is 5.41 Å². The Kier molecular flexibility index (Phi) is 8.24. The molecule has 195 valence electrons. The van der Waals surface area contributed by atoms with Crippen LogP contribution in [0.1, 0.15) is 55.2 Å². The van der Waals surface area contributed by atoms with Crippen LogP contribution in [0.2, 0.25) is 13.1 Å². The Morgan fingerprint density at radius 1 is 0.838 bits per heavy atom. The molecule has 0 amide bonds. The van der Waals surface area contributed by atoms with Gasteiger partial charge in [0.1, 0.15) is 0 Å². The first-order valence-electron chi connectivity index (χ1n) is 12.8. The molecule has 1 heterocycles. The summed E-state index contributed by atoms with van der Waals surface area (Å²) in [6, 6.07) is 28.9. The van der Waals surface area contributed by atoms with Gasteiger partial charge in [-0.25, -0.2) is 8.42 Å². The minimum absolute atomic E-state index is 0.0756. The highest BCUT2D eigenvalue weighted by atomic mass is 32.2. The van der Waals surface area contributed by atoms with E-state index in [0.29, 0.717) is 18.0 Å². The van der Waals surface area contributed by atoms with Gasteiger partial charge in [-0.2, -0.15) is 0 Å². The van der Waals surface area contributed by atoms with Gasteiger partial charge in [0.2, 0.25) is 9.04 Å². The van der Waals surface area contributed by atoms with E-state index in [-0.39, 0.29) is 17.6 Å². The Labute approximate surface area is 224 Å². The predicted molar refractivity (Wildman–Crippen MR) is 155 cm³/mol. The molecule has 0 aromatic heterocycles. The molecule has 0 aliphatic carbocycles. The Morgan fingerprint density at radius 2 is 1.35 bits per heavy atom. The summed E-state index contributed by atoms with van der Waals surface area (Å²) >= 11 is 0. The van der Waals surface area contributed by atoms with Gasteiger partial charge in [0.15, 0.2) is 9.84 Å². The molecular formula is C31H38NO3SSi. The molecule has 0 bridgehead atoms. The average Bonchev–Trinajstić information content (AvgIpc) is 2.81. The molecular weight excluding hydrogens is 494 g/mol. The molecule has 1 radical (unpaired) electrons. The van der Waals surface area contributed by atoms with E-state index >= 15 is 0 Å². The highest BCUT2D eigenvalue weighted by Gasteiger charge is 2.35. The highest BCUT2D eigenvalue weighted by Crippen LogP contribution is 2.41. The largest absolute Gasteiger partial charge is 0.410 e. The molecule has 0 N–H and O–H groups in total. The fourth-order valence-corrected chi connectivity index (χ4v) is 7.33. The molecule has 4 nitrogen and oxygen atoms in total. The Morgan fingerprint density at radius 3 is 1.81 bits per heavy atom. The van der Waals surface area contributed by atoms with E-state index in [1.807, 2.05) is 30.3 Å². The molecule has 1 fully saturated rings. The van der Waals surface area contributed by atoms with Gasteiger partial charge < -0.3 is 4.43 Å². The molecule has 37 heavy (non-hydrogen) atoms. The number of likely N-dealkylation sites (tertiary alicyclic amines) is 1. The lowest BCUT2D eigenvalue weighted by Crippen LogP contribution is -2.44. The first kappa shape index (κ1) is 27.5. The average molecular weight is 533 g/mol. The van der Waals surface area contributed by atoms with Gasteiger partial charge in [-0.3, -0.25) is 4.90 Å². The summed E-state index contributed by atoms with van der Waals surface area (Å²) in [7, 11) is -4.38. The summed E-state index contributed by atoms with van der Waals surface area (Å²) in [5.74, 6) is 0. The Balaban J connectivity index is 1.71. The van der Waals surface area contributed by atoms with E-state index in [1.54, 1.807) is 0 Å². The third kappa shape index (κ3) is 6.50. The maximum absolute atomic E-state index is 13.1. The number of nitrogens with zero attached hydrogens (tertiary/aromatic N) is 1. The van der Waals surface area contributed by atoms with Crippen LogP contribution >= 0.6 is 0 Å². The number of sulfone groups is 1. The van der Waals surface area contributed by atoms with Crippen LogP contribution in [-0.4, -0.2) is 41.7 Å². The van der Waals surface area contributed by atoms with E-state index < -0.39 is 18.9 Å². The number of hydrogen-bond acceptors (Lipinski definition) is 4. The van der Waals surface area contributed by atoms with Gasteiger partial charge in [-0.05, 0) is 52.4 Å². The first-order chi connectivity index (χ1) is 17.4. The summed E-state index contributed by atoms with van der Waals surface area (Å²) in [6.45, 7) is 12.0. The second-order valence-electron chi connectivity index (χ2n) is 11.2. The lowest BCUT2D eigenvalue weighted by Gasteiger charge is -2.42. The minimum atomic E-state index is -3.44. The van der Waals surface area contributed by atoms with Crippen molar-refractivity contribution in [2.24, 2.45) is 5.41 Å². The number of hydrogen-bond donors (Lipinski definition) is 0. The van der Waals surface area contributed by atoms with Crippen molar-refractivity contribution >= 4 is 23.8 Å². The van der Waals surface area contributed by atoms with Gasteiger partial charge in [0.25, 0.3) is 0 Å². The van der Waals surface area contributed by atoms with Crippen LogP contribution in [0.3, 0.4) is 0 Å². The smallest absolute Gasteiger partial charge is 0.205 e. The third-order valence-electron chi connectivity index (χ3n) is 6.67. The van der Waals surface area contributed by atoms with Crippen LogP contribution in [0.15, 0.2) is 90.5 Å². The molecule has 3 aromatic rings. The highest BCUT2D eigenvalue weighted by molar-refractivity contribution is 8.00. The van der Waals surface area contributed by atoms with Gasteiger partial charge in [0, 0.05) is 19.3 Å². The van der Waals surface area contributed by atoms with Crippen molar-refractivity contribution < 1.29 is 12.8 Å².